The van der Waals surface area contributed by atoms with Gasteiger partial charge in [-0.15, -0.1) is 0 Å². The molecule has 0 spiro atoms. The number of urea groups is 1. The highest BCUT2D eigenvalue weighted by Crippen LogP contribution is 2.20. The first-order valence-corrected chi connectivity index (χ1v) is 7.18. The summed E-state index contributed by atoms with van der Waals surface area (Å²) < 4.78 is 18.2. The molecule has 5 nitrogen and oxygen atoms in total. The summed E-state index contributed by atoms with van der Waals surface area (Å²) in [7, 11) is 1.56. The second-order valence-corrected chi connectivity index (χ2v) is 4.89. The first kappa shape index (κ1) is 16.8. The molecule has 2 aromatic carbocycles. The predicted octanol–water partition coefficient (Wildman–Crippen LogP) is 2.86. The second-order valence-electron chi connectivity index (χ2n) is 4.89. The summed E-state index contributed by atoms with van der Waals surface area (Å²) in [6.07, 6.45) is 0. The van der Waals surface area contributed by atoms with Gasteiger partial charge in [0.05, 0.1) is 20.3 Å². The van der Waals surface area contributed by atoms with E-state index in [1.54, 1.807) is 7.11 Å². The summed E-state index contributed by atoms with van der Waals surface area (Å²) in [6.45, 7) is 0.300. The Balaban J connectivity index is 2.10. The predicted molar refractivity (Wildman–Crippen MR) is 85.9 cm³/mol. The summed E-state index contributed by atoms with van der Waals surface area (Å²) in [5.41, 5.74) is 1.32. The average Bonchev–Trinajstić information content (AvgIpc) is 2.57. The van der Waals surface area contributed by atoms with E-state index < -0.39 is 0 Å². The number of rotatable bonds is 6. The normalized spacial score (nSPS) is 10.2. The standard InChI is InChI=1S/C17H19FN2O3/c1-23-16-5-3-2-4-13(16)12-20(10-11-21)17(22)19-15-8-6-14(18)7-9-15/h2-9,21H,10-12H2,1H3,(H,19,22). The number of para-hydroxylation sites is 1. The molecule has 2 N–H and O–H groups in total. The smallest absolute Gasteiger partial charge is 0.322 e. The summed E-state index contributed by atoms with van der Waals surface area (Å²) in [5, 5.41) is 11.9. The van der Waals surface area contributed by atoms with E-state index in [9.17, 15) is 14.3 Å². The number of hydrogen-bond acceptors (Lipinski definition) is 3. The zero-order valence-corrected chi connectivity index (χ0v) is 12.8. The fraction of sp³-hybridized carbons (Fsp3) is 0.235. The van der Waals surface area contributed by atoms with Gasteiger partial charge in [-0.05, 0) is 30.3 Å². The van der Waals surface area contributed by atoms with Crippen molar-refractivity contribution in [2.75, 3.05) is 25.6 Å². The lowest BCUT2D eigenvalue weighted by atomic mass is 10.2. The number of benzene rings is 2. The number of carbonyl (C=O) groups excluding carboxylic acids is 1. The molecule has 0 unspecified atom stereocenters. The highest BCUT2D eigenvalue weighted by molar-refractivity contribution is 5.89. The molecule has 0 bridgehead atoms. The molecule has 122 valence electrons. The topological polar surface area (TPSA) is 61.8 Å². The largest absolute Gasteiger partial charge is 0.496 e. The Morgan fingerprint density at radius 1 is 1.22 bits per heavy atom. The van der Waals surface area contributed by atoms with E-state index in [1.165, 1.54) is 29.2 Å². The van der Waals surface area contributed by atoms with Crippen LogP contribution in [0.15, 0.2) is 48.5 Å². The number of carbonyl (C=O) groups is 1. The Hall–Kier alpha value is -2.60. The van der Waals surface area contributed by atoms with Crippen LogP contribution in [0.3, 0.4) is 0 Å². The van der Waals surface area contributed by atoms with Crippen molar-refractivity contribution in [3.63, 3.8) is 0 Å². The van der Waals surface area contributed by atoms with Crippen molar-refractivity contribution in [3.8, 4) is 5.75 Å². The number of aliphatic hydroxyl groups excluding tert-OH is 1. The minimum atomic E-state index is -0.378. The monoisotopic (exact) mass is 318 g/mol. The van der Waals surface area contributed by atoms with Crippen LogP contribution in [0.5, 0.6) is 5.75 Å². The van der Waals surface area contributed by atoms with E-state index in [0.29, 0.717) is 11.4 Å². The molecule has 23 heavy (non-hydrogen) atoms. The van der Waals surface area contributed by atoms with Crippen molar-refractivity contribution in [2.24, 2.45) is 0 Å². The third-order valence-corrected chi connectivity index (χ3v) is 3.31. The van der Waals surface area contributed by atoms with Crippen LogP contribution in [-0.4, -0.2) is 36.3 Å². The number of amides is 2. The van der Waals surface area contributed by atoms with E-state index in [4.69, 9.17) is 4.74 Å². The van der Waals surface area contributed by atoms with Crippen molar-refractivity contribution in [3.05, 3.63) is 59.9 Å². The van der Waals surface area contributed by atoms with E-state index in [1.807, 2.05) is 24.3 Å². The first-order chi connectivity index (χ1) is 11.1. The number of methoxy groups -OCH3 is 1. The van der Waals surface area contributed by atoms with Gasteiger partial charge in [-0.2, -0.15) is 0 Å². The Bertz CT molecular complexity index is 647. The van der Waals surface area contributed by atoms with Crippen LogP contribution in [0.2, 0.25) is 0 Å². The molecule has 0 aliphatic heterocycles. The molecule has 2 amide bonds. The second kappa shape index (κ2) is 8.14. The lowest BCUT2D eigenvalue weighted by Gasteiger charge is -2.23. The molecule has 2 aromatic rings. The highest BCUT2D eigenvalue weighted by Gasteiger charge is 2.15. The molecule has 6 heteroatoms. The minimum Gasteiger partial charge on any atom is -0.496 e. The molecule has 0 aliphatic rings. The van der Waals surface area contributed by atoms with Crippen LogP contribution >= 0.6 is 0 Å². The van der Waals surface area contributed by atoms with E-state index in [2.05, 4.69) is 5.32 Å². The van der Waals surface area contributed by atoms with Gasteiger partial charge in [0.1, 0.15) is 11.6 Å². The van der Waals surface area contributed by atoms with Crippen LogP contribution < -0.4 is 10.1 Å². The van der Waals surface area contributed by atoms with Crippen molar-refractivity contribution < 1.29 is 19.0 Å². The van der Waals surface area contributed by atoms with Gasteiger partial charge in [0.25, 0.3) is 0 Å². The lowest BCUT2D eigenvalue weighted by molar-refractivity contribution is 0.184. The van der Waals surface area contributed by atoms with Gasteiger partial charge >= 0.3 is 6.03 Å². The molecular formula is C17H19FN2O3. The summed E-state index contributed by atoms with van der Waals surface area (Å²) >= 11 is 0. The third kappa shape index (κ3) is 4.69. The molecule has 0 aromatic heterocycles. The van der Waals surface area contributed by atoms with Gasteiger partial charge in [0, 0.05) is 17.8 Å². The van der Waals surface area contributed by atoms with Crippen LogP contribution in [0.1, 0.15) is 5.56 Å². The Morgan fingerprint density at radius 3 is 2.57 bits per heavy atom. The van der Waals surface area contributed by atoms with E-state index in [0.717, 1.165) is 5.56 Å². The molecule has 0 fully saturated rings. The molecule has 0 radical (unpaired) electrons. The molecule has 0 saturated heterocycles. The van der Waals surface area contributed by atoms with Crippen LogP contribution in [0.25, 0.3) is 0 Å². The number of hydrogen-bond donors (Lipinski definition) is 2. The maximum atomic E-state index is 12.9. The summed E-state index contributed by atoms with van der Waals surface area (Å²) in [6, 6.07) is 12.5. The van der Waals surface area contributed by atoms with Gasteiger partial charge in [0.15, 0.2) is 0 Å². The quantitative estimate of drug-likeness (QED) is 0.861. The number of anilines is 1. The van der Waals surface area contributed by atoms with Crippen LogP contribution in [-0.2, 0) is 6.54 Å². The number of nitrogens with zero attached hydrogens (tertiary/aromatic N) is 1. The molecule has 0 aliphatic carbocycles. The lowest BCUT2D eigenvalue weighted by Crippen LogP contribution is -2.36. The zero-order valence-electron chi connectivity index (χ0n) is 12.8. The number of halogens is 1. The fourth-order valence-electron chi connectivity index (χ4n) is 2.15. The summed E-state index contributed by atoms with van der Waals surface area (Å²) in [5.74, 6) is 0.300. The maximum absolute atomic E-state index is 12.9. The number of ether oxygens (including phenoxy) is 1. The highest BCUT2D eigenvalue weighted by atomic mass is 19.1. The SMILES string of the molecule is COc1ccccc1CN(CCO)C(=O)Nc1ccc(F)cc1. The minimum absolute atomic E-state index is 0.161. The van der Waals surface area contributed by atoms with Crippen molar-refractivity contribution >= 4 is 11.7 Å². The van der Waals surface area contributed by atoms with Crippen LogP contribution in [0, 0.1) is 5.82 Å². The van der Waals surface area contributed by atoms with Crippen molar-refractivity contribution in [2.45, 2.75) is 6.54 Å². The maximum Gasteiger partial charge on any atom is 0.322 e. The van der Waals surface area contributed by atoms with Gasteiger partial charge < -0.3 is 20.1 Å². The molecule has 0 saturated carbocycles. The number of aliphatic hydroxyl groups is 1. The van der Waals surface area contributed by atoms with Gasteiger partial charge in [0.2, 0.25) is 0 Å². The summed E-state index contributed by atoms with van der Waals surface area (Å²) in [4.78, 5) is 13.8. The Labute approximate surface area is 134 Å². The zero-order chi connectivity index (χ0) is 16.7. The fourth-order valence-corrected chi connectivity index (χ4v) is 2.15. The first-order valence-electron chi connectivity index (χ1n) is 7.18. The third-order valence-electron chi connectivity index (χ3n) is 3.31. The van der Waals surface area contributed by atoms with Gasteiger partial charge in [-0.25, -0.2) is 9.18 Å². The van der Waals surface area contributed by atoms with Crippen LogP contribution in [0.4, 0.5) is 14.9 Å². The molecular weight excluding hydrogens is 299 g/mol. The van der Waals surface area contributed by atoms with Crippen molar-refractivity contribution in [1.29, 1.82) is 0 Å². The van der Waals surface area contributed by atoms with Gasteiger partial charge in [-0.1, -0.05) is 18.2 Å². The Morgan fingerprint density at radius 2 is 1.91 bits per heavy atom. The average molecular weight is 318 g/mol. The number of nitrogens with one attached hydrogen (secondary N) is 1. The van der Waals surface area contributed by atoms with E-state index >= 15 is 0 Å². The molecule has 2 rings (SSSR count). The van der Waals surface area contributed by atoms with Crippen molar-refractivity contribution in [1.82, 2.24) is 4.90 Å². The molecule has 0 heterocycles. The molecule has 0 atom stereocenters. The van der Waals surface area contributed by atoms with E-state index in [-0.39, 0.29) is 31.5 Å². The van der Waals surface area contributed by atoms with Gasteiger partial charge in [-0.3, -0.25) is 0 Å². The Kier molecular flexibility index (Phi) is 5.94.